The highest BCUT2D eigenvalue weighted by molar-refractivity contribution is 7.22. The predicted octanol–water partition coefficient (Wildman–Crippen LogP) is 2.79. The van der Waals surface area contributed by atoms with Crippen molar-refractivity contribution < 1.29 is 9.72 Å². The molecule has 0 bridgehead atoms. The molecule has 0 aliphatic rings. The first kappa shape index (κ1) is 16.3. The number of nitrogens with zero attached hydrogens (tertiary/aromatic N) is 5. The van der Waals surface area contributed by atoms with Crippen LogP contribution in [0.3, 0.4) is 0 Å². The van der Waals surface area contributed by atoms with Gasteiger partial charge >= 0.3 is 5.82 Å². The summed E-state index contributed by atoms with van der Waals surface area (Å²) in [5.41, 5.74) is 0.653. The highest BCUT2D eigenvalue weighted by Gasteiger charge is 2.16. The zero-order valence-corrected chi connectivity index (χ0v) is 14.0. The summed E-state index contributed by atoms with van der Waals surface area (Å²) in [5, 5.41) is 14.2. The molecular formula is C13H11ClN6O3S. The maximum Gasteiger partial charge on any atom is 0.381 e. The third-order valence-electron chi connectivity index (χ3n) is 3.20. The Bertz CT molecular complexity index is 937. The number of hydrogen-bond acceptors (Lipinski definition) is 7. The molecule has 1 N–H and O–H groups in total. The molecule has 0 atom stereocenters. The van der Waals surface area contributed by atoms with Crippen molar-refractivity contribution in [3.05, 3.63) is 39.4 Å². The first-order valence-electron chi connectivity index (χ1n) is 6.83. The fourth-order valence-corrected chi connectivity index (χ4v) is 3.11. The molecule has 3 aromatic rings. The number of carbonyl (C=O) groups is 1. The molecule has 0 spiro atoms. The molecule has 0 saturated heterocycles. The monoisotopic (exact) mass is 366 g/mol. The van der Waals surface area contributed by atoms with Crippen LogP contribution >= 0.6 is 22.9 Å². The van der Waals surface area contributed by atoms with E-state index in [4.69, 9.17) is 11.6 Å². The van der Waals surface area contributed by atoms with Crippen molar-refractivity contribution in [2.24, 2.45) is 0 Å². The van der Waals surface area contributed by atoms with Crippen LogP contribution in [-0.2, 0) is 11.3 Å². The van der Waals surface area contributed by atoms with Crippen LogP contribution in [0.4, 0.5) is 10.9 Å². The van der Waals surface area contributed by atoms with Crippen molar-refractivity contribution in [1.29, 1.82) is 0 Å². The van der Waals surface area contributed by atoms with Gasteiger partial charge in [-0.2, -0.15) is 0 Å². The van der Waals surface area contributed by atoms with Gasteiger partial charge in [-0.3, -0.25) is 4.79 Å². The minimum absolute atomic E-state index is 0.137. The number of aromatic nitrogens is 4. The Balaban J connectivity index is 1.63. The van der Waals surface area contributed by atoms with Crippen LogP contribution in [-0.4, -0.2) is 30.3 Å². The van der Waals surface area contributed by atoms with Gasteiger partial charge in [0.15, 0.2) is 5.13 Å². The third-order valence-corrected chi connectivity index (χ3v) is 4.29. The maximum atomic E-state index is 12.0. The van der Waals surface area contributed by atoms with Gasteiger partial charge in [0.05, 0.1) is 0 Å². The van der Waals surface area contributed by atoms with Gasteiger partial charge in [-0.15, -0.1) is 0 Å². The van der Waals surface area contributed by atoms with E-state index in [-0.39, 0.29) is 24.7 Å². The Morgan fingerprint density at radius 1 is 1.42 bits per heavy atom. The number of imidazole rings is 1. The molecule has 9 nitrogen and oxygen atoms in total. The average molecular weight is 367 g/mol. The van der Waals surface area contributed by atoms with E-state index in [1.807, 2.05) is 0 Å². The van der Waals surface area contributed by atoms with Crippen molar-refractivity contribution >= 4 is 50.1 Å². The Morgan fingerprint density at radius 2 is 2.21 bits per heavy atom. The number of anilines is 1. The molecule has 0 aliphatic heterocycles. The lowest BCUT2D eigenvalue weighted by atomic mass is 10.4. The SMILES string of the molecule is Cc1nc([N+](=O)[O-])cn1CCC(=O)Nc1nc2ccc(Cl)nc2s1. The van der Waals surface area contributed by atoms with E-state index < -0.39 is 4.92 Å². The van der Waals surface area contributed by atoms with Crippen LogP contribution in [0.1, 0.15) is 12.2 Å². The molecule has 0 aromatic carbocycles. The molecule has 0 aliphatic carbocycles. The van der Waals surface area contributed by atoms with E-state index in [1.54, 1.807) is 23.6 Å². The lowest BCUT2D eigenvalue weighted by Gasteiger charge is -2.02. The van der Waals surface area contributed by atoms with Gasteiger partial charge in [0.1, 0.15) is 21.7 Å². The first-order valence-corrected chi connectivity index (χ1v) is 8.03. The summed E-state index contributed by atoms with van der Waals surface area (Å²) in [6.45, 7) is 1.93. The van der Waals surface area contributed by atoms with E-state index in [0.29, 0.717) is 26.5 Å². The summed E-state index contributed by atoms with van der Waals surface area (Å²) in [4.78, 5) is 35.0. The molecule has 11 heteroatoms. The van der Waals surface area contributed by atoms with E-state index in [2.05, 4.69) is 20.3 Å². The van der Waals surface area contributed by atoms with Crippen LogP contribution in [0.2, 0.25) is 5.15 Å². The van der Waals surface area contributed by atoms with Gasteiger partial charge in [0.2, 0.25) is 11.7 Å². The molecule has 0 radical (unpaired) electrons. The fraction of sp³-hybridized carbons (Fsp3) is 0.231. The Hall–Kier alpha value is -2.59. The van der Waals surface area contributed by atoms with Crippen molar-refractivity contribution in [1.82, 2.24) is 19.5 Å². The van der Waals surface area contributed by atoms with Crippen LogP contribution in [0.15, 0.2) is 18.3 Å². The van der Waals surface area contributed by atoms with Gasteiger partial charge in [0, 0.05) is 19.9 Å². The summed E-state index contributed by atoms with van der Waals surface area (Å²) in [7, 11) is 0. The number of fused-ring (bicyclic) bond motifs is 1. The van der Waals surface area contributed by atoms with Crippen molar-refractivity contribution in [2.45, 2.75) is 19.9 Å². The second kappa shape index (κ2) is 6.49. The molecule has 1 amide bonds. The summed E-state index contributed by atoms with van der Waals surface area (Å²) >= 11 is 7.04. The summed E-state index contributed by atoms with van der Waals surface area (Å²) in [6, 6.07) is 3.36. The van der Waals surface area contributed by atoms with E-state index in [1.165, 1.54) is 17.5 Å². The first-order chi connectivity index (χ1) is 11.4. The van der Waals surface area contributed by atoms with Gasteiger partial charge < -0.3 is 20.0 Å². The minimum atomic E-state index is -0.567. The van der Waals surface area contributed by atoms with Gasteiger partial charge in [0.25, 0.3) is 0 Å². The largest absolute Gasteiger partial charge is 0.381 e. The molecule has 3 aromatic heterocycles. The normalized spacial score (nSPS) is 10.9. The molecule has 3 heterocycles. The average Bonchev–Trinajstić information content (AvgIpc) is 3.07. The number of thiazole rings is 1. The fourth-order valence-electron chi connectivity index (χ4n) is 2.06. The maximum absolute atomic E-state index is 12.0. The zero-order chi connectivity index (χ0) is 17.3. The Kier molecular flexibility index (Phi) is 4.40. The lowest BCUT2D eigenvalue weighted by Crippen LogP contribution is -2.14. The summed E-state index contributed by atoms with van der Waals surface area (Å²) < 4.78 is 1.57. The molecule has 0 unspecified atom stereocenters. The van der Waals surface area contributed by atoms with Crippen LogP contribution in [0.25, 0.3) is 10.3 Å². The van der Waals surface area contributed by atoms with Gasteiger partial charge in [-0.05, 0) is 22.0 Å². The number of carbonyl (C=O) groups excluding carboxylic acids is 1. The highest BCUT2D eigenvalue weighted by atomic mass is 35.5. The Labute approximate surface area is 144 Å². The smallest absolute Gasteiger partial charge is 0.358 e. The number of amides is 1. The van der Waals surface area contributed by atoms with E-state index in [9.17, 15) is 14.9 Å². The summed E-state index contributed by atoms with van der Waals surface area (Å²) in [6.07, 6.45) is 1.45. The molecular weight excluding hydrogens is 356 g/mol. The second-order valence-electron chi connectivity index (χ2n) is 4.87. The highest BCUT2D eigenvalue weighted by Crippen LogP contribution is 2.25. The number of hydrogen-bond donors (Lipinski definition) is 1. The number of aryl methyl sites for hydroxylation is 2. The summed E-state index contributed by atoms with van der Waals surface area (Å²) in [5.74, 6) is -0.00808. The van der Waals surface area contributed by atoms with Crippen molar-refractivity contribution in [3.63, 3.8) is 0 Å². The third kappa shape index (κ3) is 3.49. The van der Waals surface area contributed by atoms with Crippen LogP contribution in [0.5, 0.6) is 0 Å². The second-order valence-corrected chi connectivity index (χ2v) is 6.24. The number of nitro groups is 1. The zero-order valence-electron chi connectivity index (χ0n) is 12.4. The van der Waals surface area contributed by atoms with Gasteiger partial charge in [-0.25, -0.2) is 9.97 Å². The van der Waals surface area contributed by atoms with Crippen molar-refractivity contribution in [2.75, 3.05) is 5.32 Å². The molecule has 24 heavy (non-hydrogen) atoms. The molecule has 3 rings (SSSR count). The Morgan fingerprint density at radius 3 is 2.92 bits per heavy atom. The molecule has 0 saturated carbocycles. The number of rotatable bonds is 5. The lowest BCUT2D eigenvalue weighted by molar-refractivity contribution is -0.389. The number of nitrogens with one attached hydrogen (secondary N) is 1. The van der Waals surface area contributed by atoms with Crippen LogP contribution < -0.4 is 5.32 Å². The van der Waals surface area contributed by atoms with E-state index >= 15 is 0 Å². The van der Waals surface area contributed by atoms with Gasteiger partial charge in [-0.1, -0.05) is 22.9 Å². The molecule has 124 valence electrons. The number of halogens is 1. The number of pyridine rings is 1. The predicted molar refractivity (Wildman–Crippen MR) is 89.3 cm³/mol. The van der Waals surface area contributed by atoms with E-state index in [0.717, 1.165) is 0 Å². The minimum Gasteiger partial charge on any atom is -0.358 e. The standard InChI is InChI=1S/C13H11ClN6O3S/c1-7-15-10(20(22)23)6-19(7)5-4-11(21)18-13-16-8-2-3-9(14)17-12(8)24-13/h2-3,6H,4-5H2,1H3,(H,16,18,21). The quantitative estimate of drug-likeness (QED) is 0.421. The van der Waals surface area contributed by atoms with Crippen molar-refractivity contribution in [3.8, 4) is 0 Å². The topological polar surface area (TPSA) is 116 Å². The van der Waals surface area contributed by atoms with Crippen LogP contribution in [0, 0.1) is 17.0 Å². The molecule has 0 fully saturated rings.